The van der Waals surface area contributed by atoms with E-state index in [1.54, 1.807) is 6.07 Å². The molecule has 1 fully saturated rings. The summed E-state index contributed by atoms with van der Waals surface area (Å²) in [6, 6.07) is 14.8. The summed E-state index contributed by atoms with van der Waals surface area (Å²) in [6.45, 7) is 10.4. The number of benzene rings is 2. The monoisotopic (exact) mass is 407 g/mol. The molecule has 2 unspecified atom stereocenters. The first kappa shape index (κ1) is 21.9. The molecule has 2 amide bonds. The highest BCUT2D eigenvalue weighted by molar-refractivity contribution is 6.01. The molecule has 3 rings (SSSR count). The van der Waals surface area contributed by atoms with Gasteiger partial charge >= 0.3 is 0 Å². The lowest BCUT2D eigenvalue weighted by Crippen LogP contribution is -2.44. The number of amides is 2. The van der Waals surface area contributed by atoms with Crippen LogP contribution in [0.15, 0.2) is 48.5 Å². The van der Waals surface area contributed by atoms with Gasteiger partial charge in [0.05, 0.1) is 0 Å². The predicted molar refractivity (Wildman–Crippen MR) is 123 cm³/mol. The number of carbonyl (C=O) groups excluding carboxylic acids is 2. The summed E-state index contributed by atoms with van der Waals surface area (Å²) in [5.41, 5.74) is 3.42. The van der Waals surface area contributed by atoms with E-state index in [0.29, 0.717) is 12.0 Å². The van der Waals surface area contributed by atoms with E-state index in [-0.39, 0.29) is 17.7 Å². The van der Waals surface area contributed by atoms with Gasteiger partial charge in [0.1, 0.15) is 6.04 Å². The van der Waals surface area contributed by atoms with E-state index in [1.165, 1.54) is 12.1 Å². The summed E-state index contributed by atoms with van der Waals surface area (Å²) in [4.78, 5) is 28.1. The summed E-state index contributed by atoms with van der Waals surface area (Å²) in [5, 5.41) is 5.90. The Kier molecular flexibility index (Phi) is 7.14. The topological polar surface area (TPSA) is 61.4 Å². The van der Waals surface area contributed by atoms with Gasteiger partial charge < -0.3 is 15.5 Å². The van der Waals surface area contributed by atoms with Crippen molar-refractivity contribution in [3.05, 3.63) is 59.7 Å². The molecule has 2 aromatic carbocycles. The van der Waals surface area contributed by atoms with Gasteiger partial charge in [-0.2, -0.15) is 0 Å². The van der Waals surface area contributed by atoms with E-state index in [4.69, 9.17) is 0 Å². The van der Waals surface area contributed by atoms with E-state index in [0.717, 1.165) is 30.3 Å². The standard InChI is InChI=1S/C25H33N3O2/c1-17(2)15-23(27-24(29)22-8-6-5-7-19(22)4)25(30)26-20-9-11-21(12-10-20)28-14-13-18(3)16-28/h5-12,17-18,23H,13-16H2,1-4H3,(H,26,30)(H,27,29). The number of carbonyl (C=O) groups is 2. The van der Waals surface area contributed by atoms with Gasteiger partial charge in [-0.25, -0.2) is 0 Å². The maximum Gasteiger partial charge on any atom is 0.252 e. The molecule has 0 radical (unpaired) electrons. The van der Waals surface area contributed by atoms with Gasteiger partial charge in [-0.15, -0.1) is 0 Å². The number of hydrogen-bond acceptors (Lipinski definition) is 3. The molecule has 0 aliphatic carbocycles. The molecular formula is C25H33N3O2. The number of nitrogens with zero attached hydrogens (tertiary/aromatic N) is 1. The van der Waals surface area contributed by atoms with Crippen LogP contribution in [0.25, 0.3) is 0 Å². The van der Waals surface area contributed by atoms with Gasteiger partial charge in [-0.1, -0.05) is 39.0 Å². The van der Waals surface area contributed by atoms with Crippen LogP contribution in [0.4, 0.5) is 11.4 Å². The van der Waals surface area contributed by atoms with E-state index in [2.05, 4.69) is 34.6 Å². The molecular weight excluding hydrogens is 374 g/mol. The lowest BCUT2D eigenvalue weighted by molar-refractivity contribution is -0.118. The number of aryl methyl sites for hydroxylation is 1. The van der Waals surface area contributed by atoms with Crippen molar-refractivity contribution in [2.45, 2.75) is 46.6 Å². The minimum Gasteiger partial charge on any atom is -0.371 e. The Morgan fingerprint density at radius 1 is 1.10 bits per heavy atom. The summed E-state index contributed by atoms with van der Waals surface area (Å²) >= 11 is 0. The van der Waals surface area contributed by atoms with Crippen LogP contribution >= 0.6 is 0 Å². The molecule has 1 aliphatic rings. The molecule has 1 saturated heterocycles. The third kappa shape index (κ3) is 5.62. The highest BCUT2D eigenvalue weighted by Crippen LogP contribution is 2.25. The molecule has 0 aromatic heterocycles. The second-order valence-electron chi connectivity index (χ2n) is 8.85. The molecule has 160 valence electrons. The third-order valence-corrected chi connectivity index (χ3v) is 5.64. The largest absolute Gasteiger partial charge is 0.371 e. The maximum absolute atomic E-state index is 12.9. The minimum absolute atomic E-state index is 0.187. The molecule has 2 aromatic rings. The fourth-order valence-electron chi connectivity index (χ4n) is 3.92. The Morgan fingerprint density at radius 2 is 1.80 bits per heavy atom. The summed E-state index contributed by atoms with van der Waals surface area (Å²) in [7, 11) is 0. The van der Waals surface area contributed by atoms with Crippen LogP contribution in [0.5, 0.6) is 0 Å². The molecule has 1 aliphatic heterocycles. The number of rotatable bonds is 7. The van der Waals surface area contributed by atoms with Crippen molar-refractivity contribution in [1.82, 2.24) is 5.32 Å². The molecule has 0 spiro atoms. The first-order chi connectivity index (χ1) is 14.3. The molecule has 0 saturated carbocycles. The van der Waals surface area contributed by atoms with E-state index < -0.39 is 6.04 Å². The zero-order valence-electron chi connectivity index (χ0n) is 18.4. The van der Waals surface area contributed by atoms with Crippen molar-refractivity contribution < 1.29 is 9.59 Å². The van der Waals surface area contributed by atoms with Crippen molar-refractivity contribution in [2.75, 3.05) is 23.3 Å². The van der Waals surface area contributed by atoms with Crippen LogP contribution in [0, 0.1) is 18.8 Å². The smallest absolute Gasteiger partial charge is 0.252 e. The fraction of sp³-hybridized carbons (Fsp3) is 0.440. The lowest BCUT2D eigenvalue weighted by Gasteiger charge is -2.21. The molecule has 30 heavy (non-hydrogen) atoms. The summed E-state index contributed by atoms with van der Waals surface area (Å²) in [5.74, 6) is 0.594. The Bertz CT molecular complexity index is 876. The first-order valence-electron chi connectivity index (χ1n) is 10.9. The van der Waals surface area contributed by atoms with E-state index >= 15 is 0 Å². The molecule has 2 atom stereocenters. The zero-order valence-corrected chi connectivity index (χ0v) is 18.4. The molecule has 5 heteroatoms. The van der Waals surface area contributed by atoms with Crippen LogP contribution < -0.4 is 15.5 Å². The SMILES string of the molecule is Cc1ccccc1C(=O)NC(CC(C)C)C(=O)Nc1ccc(N2CCC(C)C2)cc1. The van der Waals surface area contributed by atoms with Crippen molar-refractivity contribution in [2.24, 2.45) is 11.8 Å². The van der Waals surface area contributed by atoms with Gasteiger partial charge in [0.25, 0.3) is 5.91 Å². The average Bonchev–Trinajstić information content (AvgIpc) is 3.14. The van der Waals surface area contributed by atoms with Gasteiger partial charge in [-0.3, -0.25) is 9.59 Å². The molecule has 5 nitrogen and oxygen atoms in total. The fourth-order valence-corrected chi connectivity index (χ4v) is 3.92. The Labute approximate surface area is 179 Å². The Balaban J connectivity index is 1.66. The Morgan fingerprint density at radius 3 is 2.40 bits per heavy atom. The van der Waals surface area contributed by atoms with Gasteiger partial charge in [-0.05, 0) is 67.5 Å². The molecule has 2 N–H and O–H groups in total. The van der Waals surface area contributed by atoms with Crippen molar-refractivity contribution in [3.63, 3.8) is 0 Å². The average molecular weight is 408 g/mol. The van der Waals surface area contributed by atoms with Gasteiger partial charge in [0.2, 0.25) is 5.91 Å². The van der Waals surface area contributed by atoms with E-state index in [9.17, 15) is 9.59 Å². The van der Waals surface area contributed by atoms with Crippen LogP contribution in [0.2, 0.25) is 0 Å². The first-order valence-corrected chi connectivity index (χ1v) is 10.9. The second-order valence-corrected chi connectivity index (χ2v) is 8.85. The lowest BCUT2D eigenvalue weighted by atomic mass is 10.0. The third-order valence-electron chi connectivity index (χ3n) is 5.64. The summed E-state index contributed by atoms with van der Waals surface area (Å²) in [6.07, 6.45) is 1.79. The van der Waals surface area contributed by atoms with Crippen molar-refractivity contribution >= 4 is 23.2 Å². The van der Waals surface area contributed by atoms with Crippen molar-refractivity contribution in [1.29, 1.82) is 0 Å². The zero-order chi connectivity index (χ0) is 21.7. The van der Waals surface area contributed by atoms with Crippen LogP contribution in [0.1, 0.15) is 49.5 Å². The molecule has 1 heterocycles. The highest BCUT2D eigenvalue weighted by Gasteiger charge is 2.24. The van der Waals surface area contributed by atoms with Crippen LogP contribution in [-0.2, 0) is 4.79 Å². The van der Waals surface area contributed by atoms with Crippen LogP contribution in [0.3, 0.4) is 0 Å². The number of hydrogen-bond donors (Lipinski definition) is 2. The molecule has 0 bridgehead atoms. The normalized spacial score (nSPS) is 17.1. The van der Waals surface area contributed by atoms with Gasteiger partial charge in [0.15, 0.2) is 0 Å². The Hall–Kier alpha value is -2.82. The van der Waals surface area contributed by atoms with Crippen LogP contribution in [-0.4, -0.2) is 30.9 Å². The van der Waals surface area contributed by atoms with Crippen molar-refractivity contribution in [3.8, 4) is 0 Å². The minimum atomic E-state index is -0.587. The predicted octanol–water partition coefficient (Wildman–Crippen LogP) is 4.62. The van der Waals surface area contributed by atoms with E-state index in [1.807, 2.05) is 51.1 Å². The number of nitrogens with one attached hydrogen (secondary N) is 2. The summed E-state index contributed by atoms with van der Waals surface area (Å²) < 4.78 is 0. The quantitative estimate of drug-likeness (QED) is 0.704. The second kappa shape index (κ2) is 9.79. The maximum atomic E-state index is 12.9. The highest BCUT2D eigenvalue weighted by atomic mass is 16.2. The number of anilines is 2. The van der Waals surface area contributed by atoms with Gasteiger partial charge in [0, 0.05) is 30.0 Å².